The molecule has 100 valence electrons. The van der Waals surface area contributed by atoms with Crippen molar-refractivity contribution in [3.05, 3.63) is 0 Å². The average Bonchev–Trinajstić information content (AvgIpc) is 2.53. The van der Waals surface area contributed by atoms with Gasteiger partial charge in [-0.1, -0.05) is 39.5 Å². The topological polar surface area (TPSA) is 41.1 Å². The molecule has 0 unspecified atom stereocenters. The van der Waals surface area contributed by atoms with Crippen molar-refractivity contribution in [2.75, 3.05) is 6.54 Å². The van der Waals surface area contributed by atoms with Crippen LogP contribution in [0.3, 0.4) is 0 Å². The molecule has 0 aromatic heterocycles. The summed E-state index contributed by atoms with van der Waals surface area (Å²) in [6, 6.07) is 0.961. The average molecular weight is 240 g/mol. The van der Waals surface area contributed by atoms with Crippen LogP contribution in [0.1, 0.15) is 65.2 Å². The fourth-order valence-electron chi connectivity index (χ4n) is 2.36. The van der Waals surface area contributed by atoms with Crippen LogP contribution in [0, 0.1) is 0 Å². The molecule has 0 atom stereocenters. The van der Waals surface area contributed by atoms with Crippen LogP contribution in [0.5, 0.6) is 0 Å². The molecule has 0 aliphatic heterocycles. The number of hydrogen-bond acceptors (Lipinski definition) is 2. The van der Waals surface area contributed by atoms with Crippen LogP contribution < -0.4 is 10.6 Å². The largest absolute Gasteiger partial charge is 0.353 e. The van der Waals surface area contributed by atoms with Gasteiger partial charge in [0, 0.05) is 18.5 Å². The molecule has 0 saturated heterocycles. The van der Waals surface area contributed by atoms with E-state index in [9.17, 15) is 4.79 Å². The number of rotatable bonds is 6. The smallest absolute Gasteiger partial charge is 0.220 e. The van der Waals surface area contributed by atoms with Crippen molar-refractivity contribution in [2.45, 2.75) is 77.3 Å². The Morgan fingerprint density at radius 3 is 2.41 bits per heavy atom. The van der Waals surface area contributed by atoms with Crippen molar-refractivity contribution in [1.82, 2.24) is 10.6 Å². The van der Waals surface area contributed by atoms with E-state index in [-0.39, 0.29) is 5.91 Å². The Bertz CT molecular complexity index is 208. The van der Waals surface area contributed by atoms with Gasteiger partial charge >= 0.3 is 0 Å². The molecule has 3 heteroatoms. The number of nitrogens with one attached hydrogen (secondary N) is 2. The van der Waals surface area contributed by atoms with Gasteiger partial charge in [-0.2, -0.15) is 0 Å². The third-order valence-corrected chi connectivity index (χ3v) is 3.35. The van der Waals surface area contributed by atoms with Gasteiger partial charge in [-0.3, -0.25) is 4.79 Å². The van der Waals surface area contributed by atoms with E-state index in [1.54, 1.807) is 0 Å². The molecule has 2 N–H and O–H groups in total. The van der Waals surface area contributed by atoms with Crippen molar-refractivity contribution in [3.63, 3.8) is 0 Å². The number of hydrogen-bond donors (Lipinski definition) is 2. The maximum atomic E-state index is 11.7. The van der Waals surface area contributed by atoms with Crippen LogP contribution in [0.2, 0.25) is 0 Å². The SMILES string of the molecule is CC(C)NCCCC(=O)NC1CCCCCC1. The van der Waals surface area contributed by atoms with E-state index in [1.165, 1.54) is 38.5 Å². The molecule has 0 radical (unpaired) electrons. The van der Waals surface area contributed by atoms with Gasteiger partial charge in [0.1, 0.15) is 0 Å². The molecule has 1 amide bonds. The summed E-state index contributed by atoms with van der Waals surface area (Å²) in [6.45, 7) is 5.20. The lowest BCUT2D eigenvalue weighted by Gasteiger charge is -2.16. The zero-order valence-corrected chi connectivity index (χ0v) is 11.4. The molecule has 0 aromatic rings. The number of carbonyl (C=O) groups excluding carboxylic acids is 1. The third-order valence-electron chi connectivity index (χ3n) is 3.35. The monoisotopic (exact) mass is 240 g/mol. The van der Waals surface area contributed by atoms with Gasteiger partial charge in [-0.05, 0) is 25.8 Å². The van der Waals surface area contributed by atoms with Crippen LogP contribution >= 0.6 is 0 Å². The van der Waals surface area contributed by atoms with Crippen molar-refractivity contribution in [3.8, 4) is 0 Å². The Labute approximate surface area is 106 Å². The molecule has 0 spiro atoms. The van der Waals surface area contributed by atoms with E-state index in [1.807, 2.05) is 0 Å². The van der Waals surface area contributed by atoms with Gasteiger partial charge in [-0.25, -0.2) is 0 Å². The second kappa shape index (κ2) is 8.51. The Kier molecular flexibility index (Phi) is 7.25. The normalized spacial score (nSPS) is 18.1. The highest BCUT2D eigenvalue weighted by atomic mass is 16.1. The summed E-state index contributed by atoms with van der Waals surface area (Å²) in [5, 5.41) is 6.51. The first-order valence-electron chi connectivity index (χ1n) is 7.21. The lowest BCUT2D eigenvalue weighted by atomic mass is 10.1. The van der Waals surface area contributed by atoms with E-state index >= 15 is 0 Å². The molecule has 0 aromatic carbocycles. The zero-order chi connectivity index (χ0) is 12.5. The predicted molar refractivity (Wildman–Crippen MR) is 72.0 cm³/mol. The molecule has 0 heterocycles. The third kappa shape index (κ3) is 7.37. The minimum Gasteiger partial charge on any atom is -0.353 e. The van der Waals surface area contributed by atoms with Crippen molar-refractivity contribution >= 4 is 5.91 Å². The molecular formula is C14H28N2O. The summed E-state index contributed by atoms with van der Waals surface area (Å²) in [6.07, 6.45) is 9.19. The standard InChI is InChI=1S/C14H28N2O/c1-12(2)15-11-7-10-14(17)16-13-8-5-3-4-6-9-13/h12-13,15H,3-11H2,1-2H3,(H,16,17). The highest BCUT2D eigenvalue weighted by Crippen LogP contribution is 2.17. The van der Waals surface area contributed by atoms with E-state index in [2.05, 4.69) is 24.5 Å². The summed E-state index contributed by atoms with van der Waals surface area (Å²) in [7, 11) is 0. The predicted octanol–water partition coefficient (Wildman–Crippen LogP) is 2.60. The van der Waals surface area contributed by atoms with Gasteiger partial charge in [0.05, 0.1) is 0 Å². The van der Waals surface area contributed by atoms with Gasteiger partial charge in [-0.15, -0.1) is 0 Å². The fraction of sp³-hybridized carbons (Fsp3) is 0.929. The quantitative estimate of drug-likeness (QED) is 0.553. The van der Waals surface area contributed by atoms with Crippen LogP contribution in [0.15, 0.2) is 0 Å². The minimum atomic E-state index is 0.238. The summed E-state index contributed by atoms with van der Waals surface area (Å²) in [5.74, 6) is 0.238. The Hall–Kier alpha value is -0.570. The molecule has 1 fully saturated rings. The number of amides is 1. The summed E-state index contributed by atoms with van der Waals surface area (Å²) < 4.78 is 0. The molecular weight excluding hydrogens is 212 g/mol. The van der Waals surface area contributed by atoms with Crippen LogP contribution in [0.4, 0.5) is 0 Å². The van der Waals surface area contributed by atoms with Gasteiger partial charge < -0.3 is 10.6 Å². The van der Waals surface area contributed by atoms with Crippen molar-refractivity contribution < 1.29 is 4.79 Å². The molecule has 0 bridgehead atoms. The van der Waals surface area contributed by atoms with E-state index in [0.29, 0.717) is 18.5 Å². The van der Waals surface area contributed by atoms with Gasteiger partial charge in [0.2, 0.25) is 5.91 Å². The molecule has 1 aliphatic carbocycles. The van der Waals surface area contributed by atoms with Gasteiger partial charge in [0.25, 0.3) is 0 Å². The minimum absolute atomic E-state index is 0.238. The Balaban J connectivity index is 2.07. The first kappa shape index (κ1) is 14.5. The Morgan fingerprint density at radius 1 is 1.18 bits per heavy atom. The Morgan fingerprint density at radius 2 is 1.82 bits per heavy atom. The first-order valence-corrected chi connectivity index (χ1v) is 7.21. The highest BCUT2D eigenvalue weighted by Gasteiger charge is 2.14. The molecule has 17 heavy (non-hydrogen) atoms. The van der Waals surface area contributed by atoms with Crippen molar-refractivity contribution in [2.24, 2.45) is 0 Å². The lowest BCUT2D eigenvalue weighted by molar-refractivity contribution is -0.121. The van der Waals surface area contributed by atoms with Crippen LogP contribution in [0.25, 0.3) is 0 Å². The van der Waals surface area contributed by atoms with Crippen LogP contribution in [-0.2, 0) is 4.79 Å². The zero-order valence-electron chi connectivity index (χ0n) is 11.4. The molecule has 1 rings (SSSR count). The van der Waals surface area contributed by atoms with E-state index < -0.39 is 0 Å². The maximum Gasteiger partial charge on any atom is 0.220 e. The second-order valence-electron chi connectivity index (χ2n) is 5.47. The molecule has 1 aliphatic rings. The highest BCUT2D eigenvalue weighted by molar-refractivity contribution is 5.76. The van der Waals surface area contributed by atoms with Gasteiger partial charge in [0.15, 0.2) is 0 Å². The summed E-state index contributed by atoms with van der Waals surface area (Å²) in [4.78, 5) is 11.7. The second-order valence-corrected chi connectivity index (χ2v) is 5.47. The lowest BCUT2D eigenvalue weighted by Crippen LogP contribution is -2.35. The van der Waals surface area contributed by atoms with Crippen molar-refractivity contribution in [1.29, 1.82) is 0 Å². The molecule has 1 saturated carbocycles. The van der Waals surface area contributed by atoms with Crippen LogP contribution in [-0.4, -0.2) is 24.5 Å². The first-order chi connectivity index (χ1) is 8.18. The van der Waals surface area contributed by atoms with E-state index in [0.717, 1.165) is 13.0 Å². The fourth-order valence-corrected chi connectivity index (χ4v) is 2.36. The maximum absolute atomic E-state index is 11.7. The number of carbonyl (C=O) groups is 1. The summed E-state index contributed by atoms with van der Waals surface area (Å²) in [5.41, 5.74) is 0. The van der Waals surface area contributed by atoms with E-state index in [4.69, 9.17) is 0 Å². The summed E-state index contributed by atoms with van der Waals surface area (Å²) >= 11 is 0. The molecule has 3 nitrogen and oxygen atoms in total.